The van der Waals surface area contributed by atoms with Crippen LogP contribution in [0.5, 0.6) is 0 Å². The molecule has 3 aromatic rings. The van der Waals surface area contributed by atoms with Crippen molar-refractivity contribution in [2.45, 2.75) is 0 Å². The topological polar surface area (TPSA) is 60.9 Å². The predicted molar refractivity (Wildman–Crippen MR) is 132 cm³/mol. The van der Waals surface area contributed by atoms with Crippen molar-refractivity contribution in [2.75, 3.05) is 75.8 Å². The normalized spacial score (nSPS) is 17.2. The molecule has 0 aliphatic carbocycles. The highest BCUT2D eigenvalue weighted by atomic mass is 19.1. The number of morpholine rings is 1. The van der Waals surface area contributed by atoms with E-state index in [1.165, 1.54) is 12.1 Å². The Kier molecular flexibility index (Phi) is 6.87. The molecule has 7 nitrogen and oxygen atoms in total. The van der Waals surface area contributed by atoms with Crippen molar-refractivity contribution in [3.63, 3.8) is 0 Å². The maximum atomic E-state index is 13.2. The third kappa shape index (κ3) is 5.13. The Hall–Kier alpha value is -3.23. The van der Waals surface area contributed by atoms with Gasteiger partial charge in [-0.15, -0.1) is 0 Å². The lowest BCUT2D eigenvalue weighted by molar-refractivity contribution is 0.0304. The van der Waals surface area contributed by atoms with Crippen LogP contribution < -0.4 is 10.2 Å². The highest BCUT2D eigenvalue weighted by Gasteiger charge is 2.22. The van der Waals surface area contributed by atoms with Crippen LogP contribution in [-0.4, -0.2) is 86.3 Å². The van der Waals surface area contributed by atoms with Crippen molar-refractivity contribution in [2.24, 2.45) is 0 Å². The molecule has 2 aliphatic rings. The maximum absolute atomic E-state index is 13.2. The number of nitrogens with zero attached hydrogens (tertiary/aromatic N) is 4. The van der Waals surface area contributed by atoms with Gasteiger partial charge >= 0.3 is 0 Å². The molecule has 0 atom stereocenters. The summed E-state index contributed by atoms with van der Waals surface area (Å²) < 4.78 is 18.6. The first-order valence-corrected chi connectivity index (χ1v) is 11.9. The fraction of sp³-hybridized carbons (Fsp3) is 0.385. The molecule has 178 valence electrons. The number of piperazine rings is 1. The number of para-hydroxylation sites is 1. The number of ether oxygens (including phenoxy) is 1. The Morgan fingerprint density at radius 1 is 0.971 bits per heavy atom. The summed E-state index contributed by atoms with van der Waals surface area (Å²) in [6.45, 7) is 7.74. The number of benzene rings is 2. The van der Waals surface area contributed by atoms with Gasteiger partial charge < -0.3 is 19.9 Å². The number of anilines is 2. The Bertz CT molecular complexity index is 1130. The minimum Gasteiger partial charge on any atom is -0.378 e. The molecule has 34 heavy (non-hydrogen) atoms. The molecule has 0 saturated carbocycles. The average Bonchev–Trinajstić information content (AvgIpc) is 2.89. The van der Waals surface area contributed by atoms with E-state index in [-0.39, 0.29) is 11.7 Å². The zero-order valence-electron chi connectivity index (χ0n) is 19.3. The van der Waals surface area contributed by atoms with Crippen LogP contribution in [0.4, 0.5) is 15.9 Å². The number of carbonyl (C=O) groups excluding carboxylic acids is 1. The molecule has 2 fully saturated rings. The molecular formula is C26H30FN5O2. The number of nitrogens with one attached hydrogen (secondary N) is 1. The molecule has 0 unspecified atom stereocenters. The van der Waals surface area contributed by atoms with Gasteiger partial charge in [0.1, 0.15) is 11.6 Å². The Balaban J connectivity index is 1.20. The molecule has 2 aromatic carbocycles. The number of aromatic nitrogens is 1. The number of halogens is 1. The van der Waals surface area contributed by atoms with E-state index in [2.05, 4.69) is 15.1 Å². The van der Waals surface area contributed by atoms with Gasteiger partial charge in [-0.3, -0.25) is 9.69 Å². The molecule has 5 rings (SSSR count). The Morgan fingerprint density at radius 3 is 2.47 bits per heavy atom. The Labute approximate surface area is 199 Å². The SMILES string of the molecule is O=C(c1cc(NCCN2CCN(c3ccc(F)cc3)CC2)nc2ccccc12)N1CCOCC1. The molecule has 0 bridgehead atoms. The van der Waals surface area contributed by atoms with Gasteiger partial charge in [-0.1, -0.05) is 18.2 Å². The van der Waals surface area contributed by atoms with Gasteiger partial charge in [0.15, 0.2) is 0 Å². The number of rotatable bonds is 6. The van der Waals surface area contributed by atoms with Crippen LogP contribution in [0.15, 0.2) is 54.6 Å². The monoisotopic (exact) mass is 463 g/mol. The third-order valence-electron chi connectivity index (χ3n) is 6.54. The molecule has 0 radical (unpaired) electrons. The van der Waals surface area contributed by atoms with Crippen molar-refractivity contribution in [1.82, 2.24) is 14.8 Å². The van der Waals surface area contributed by atoms with Gasteiger partial charge in [0.2, 0.25) is 0 Å². The third-order valence-corrected chi connectivity index (χ3v) is 6.54. The number of carbonyl (C=O) groups is 1. The maximum Gasteiger partial charge on any atom is 0.254 e. The summed E-state index contributed by atoms with van der Waals surface area (Å²) in [5.41, 5.74) is 2.57. The minimum absolute atomic E-state index is 0.0295. The predicted octanol–water partition coefficient (Wildman–Crippen LogP) is 3.08. The van der Waals surface area contributed by atoms with E-state index < -0.39 is 0 Å². The van der Waals surface area contributed by atoms with Crippen LogP contribution in [0.25, 0.3) is 10.9 Å². The summed E-state index contributed by atoms with van der Waals surface area (Å²) in [7, 11) is 0. The number of hydrogen-bond donors (Lipinski definition) is 1. The number of pyridine rings is 1. The van der Waals surface area contributed by atoms with Crippen LogP contribution in [0, 0.1) is 5.82 Å². The van der Waals surface area contributed by atoms with Crippen molar-refractivity contribution in [3.05, 3.63) is 66.0 Å². The molecular weight excluding hydrogens is 433 g/mol. The van der Waals surface area contributed by atoms with E-state index in [1.807, 2.05) is 47.4 Å². The first-order chi connectivity index (χ1) is 16.7. The van der Waals surface area contributed by atoms with Crippen LogP contribution in [0.3, 0.4) is 0 Å². The van der Waals surface area contributed by atoms with E-state index in [4.69, 9.17) is 9.72 Å². The standard InChI is InChI=1S/C26H30FN5O2/c27-20-5-7-21(8-6-20)31-13-11-30(12-14-31)10-9-28-25-19-23(22-3-1-2-4-24(22)29-25)26(33)32-15-17-34-18-16-32/h1-8,19H,9-18H2,(H,28,29). The second-order valence-corrected chi connectivity index (χ2v) is 8.71. The Morgan fingerprint density at radius 2 is 1.71 bits per heavy atom. The van der Waals surface area contributed by atoms with Crippen LogP contribution in [-0.2, 0) is 4.74 Å². The highest BCUT2D eigenvalue weighted by molar-refractivity contribution is 6.07. The molecule has 1 amide bonds. The summed E-state index contributed by atoms with van der Waals surface area (Å²) in [5.74, 6) is 0.549. The fourth-order valence-electron chi connectivity index (χ4n) is 4.60. The lowest BCUT2D eigenvalue weighted by Gasteiger charge is -2.36. The summed E-state index contributed by atoms with van der Waals surface area (Å²) >= 11 is 0. The second-order valence-electron chi connectivity index (χ2n) is 8.71. The average molecular weight is 464 g/mol. The first kappa shape index (κ1) is 22.6. The second kappa shape index (κ2) is 10.4. The number of hydrogen-bond acceptors (Lipinski definition) is 6. The molecule has 3 heterocycles. The zero-order valence-corrected chi connectivity index (χ0v) is 19.3. The van der Waals surface area contributed by atoms with E-state index in [9.17, 15) is 9.18 Å². The van der Waals surface area contributed by atoms with Crippen molar-refractivity contribution in [3.8, 4) is 0 Å². The number of amides is 1. The van der Waals surface area contributed by atoms with Gasteiger partial charge in [-0.05, 0) is 36.4 Å². The largest absolute Gasteiger partial charge is 0.378 e. The van der Waals surface area contributed by atoms with Crippen LogP contribution >= 0.6 is 0 Å². The van der Waals surface area contributed by atoms with E-state index in [1.54, 1.807) is 0 Å². The summed E-state index contributed by atoms with van der Waals surface area (Å²) in [6.07, 6.45) is 0. The lowest BCUT2D eigenvalue weighted by Crippen LogP contribution is -2.47. The van der Waals surface area contributed by atoms with Gasteiger partial charge in [-0.25, -0.2) is 9.37 Å². The van der Waals surface area contributed by atoms with Crippen molar-refractivity contribution in [1.29, 1.82) is 0 Å². The summed E-state index contributed by atoms with van der Waals surface area (Å²) in [5, 5.41) is 4.30. The van der Waals surface area contributed by atoms with Crippen LogP contribution in [0.1, 0.15) is 10.4 Å². The van der Waals surface area contributed by atoms with Crippen molar-refractivity contribution < 1.29 is 13.9 Å². The van der Waals surface area contributed by atoms with Crippen LogP contribution in [0.2, 0.25) is 0 Å². The molecule has 2 saturated heterocycles. The number of fused-ring (bicyclic) bond motifs is 1. The van der Waals surface area contributed by atoms with Gasteiger partial charge in [0.05, 0.1) is 24.3 Å². The fourth-order valence-corrected chi connectivity index (χ4v) is 4.60. The highest BCUT2D eigenvalue weighted by Crippen LogP contribution is 2.23. The quantitative estimate of drug-likeness (QED) is 0.606. The smallest absolute Gasteiger partial charge is 0.254 e. The molecule has 8 heteroatoms. The minimum atomic E-state index is -0.203. The molecule has 1 N–H and O–H groups in total. The molecule has 1 aromatic heterocycles. The van der Waals surface area contributed by atoms with E-state index in [0.717, 1.165) is 61.7 Å². The lowest BCUT2D eigenvalue weighted by atomic mass is 10.1. The van der Waals surface area contributed by atoms with Crippen molar-refractivity contribution >= 4 is 28.3 Å². The van der Waals surface area contributed by atoms with Gasteiger partial charge in [0.25, 0.3) is 5.91 Å². The van der Waals surface area contributed by atoms with Gasteiger partial charge in [-0.2, -0.15) is 0 Å². The van der Waals surface area contributed by atoms with Gasteiger partial charge in [0, 0.05) is 63.4 Å². The molecule has 2 aliphatic heterocycles. The van der Waals surface area contributed by atoms with E-state index in [0.29, 0.717) is 31.9 Å². The summed E-state index contributed by atoms with van der Waals surface area (Å²) in [6, 6.07) is 16.4. The zero-order chi connectivity index (χ0) is 23.3. The first-order valence-electron chi connectivity index (χ1n) is 11.9. The van der Waals surface area contributed by atoms with E-state index >= 15 is 0 Å². The molecule has 0 spiro atoms. The summed E-state index contributed by atoms with van der Waals surface area (Å²) in [4.78, 5) is 24.5.